The lowest BCUT2D eigenvalue weighted by molar-refractivity contribution is 0.159. The van der Waals surface area contributed by atoms with Gasteiger partial charge < -0.3 is 25.2 Å². The molecule has 0 saturated carbocycles. The topological polar surface area (TPSA) is 52.1 Å². The van der Waals surface area contributed by atoms with E-state index in [1.807, 2.05) is 19.2 Å². The van der Waals surface area contributed by atoms with Gasteiger partial charge in [0.25, 0.3) is 0 Å². The summed E-state index contributed by atoms with van der Waals surface area (Å²) in [6, 6.07) is 9.39. The van der Waals surface area contributed by atoms with Crippen molar-refractivity contribution in [2.24, 2.45) is 4.99 Å². The fraction of sp³-hybridized carbons (Fsp3) is 0.682. The normalized spacial score (nSPS) is 23.7. The van der Waals surface area contributed by atoms with Crippen LogP contribution in [0.1, 0.15) is 39.0 Å². The Kier molecular flexibility index (Phi) is 7.83. The molecule has 1 aromatic carbocycles. The van der Waals surface area contributed by atoms with E-state index in [0.717, 1.165) is 50.2 Å². The van der Waals surface area contributed by atoms with Crippen LogP contribution in [0.5, 0.6) is 5.75 Å². The third kappa shape index (κ3) is 5.53. The first-order valence-electron chi connectivity index (χ1n) is 10.8. The average molecular weight is 388 g/mol. The van der Waals surface area contributed by atoms with E-state index in [-0.39, 0.29) is 0 Å². The van der Waals surface area contributed by atoms with Gasteiger partial charge in [-0.2, -0.15) is 0 Å². The van der Waals surface area contributed by atoms with Crippen LogP contribution in [0.4, 0.5) is 5.69 Å². The molecule has 2 N–H and O–H groups in total. The number of para-hydroxylation sites is 2. The molecule has 0 radical (unpaired) electrons. The highest BCUT2D eigenvalue weighted by Crippen LogP contribution is 2.30. The van der Waals surface area contributed by atoms with Gasteiger partial charge in [0.05, 0.1) is 12.8 Å². The number of nitrogens with one attached hydrogen (secondary N) is 2. The fourth-order valence-corrected chi connectivity index (χ4v) is 4.35. The van der Waals surface area contributed by atoms with Crippen molar-refractivity contribution in [3.63, 3.8) is 0 Å². The van der Waals surface area contributed by atoms with E-state index in [2.05, 4.69) is 44.5 Å². The van der Waals surface area contributed by atoms with Crippen LogP contribution in [0, 0.1) is 0 Å². The summed E-state index contributed by atoms with van der Waals surface area (Å²) in [4.78, 5) is 9.44. The number of nitrogens with zero attached hydrogens (tertiary/aromatic N) is 3. The van der Waals surface area contributed by atoms with E-state index in [4.69, 9.17) is 4.74 Å². The van der Waals surface area contributed by atoms with Gasteiger partial charge in [0, 0.05) is 45.3 Å². The van der Waals surface area contributed by atoms with Gasteiger partial charge in [-0.1, -0.05) is 18.6 Å². The number of piperidine rings is 1. The Balaban J connectivity index is 1.40. The highest BCUT2D eigenvalue weighted by Gasteiger charge is 2.25. The fourth-order valence-electron chi connectivity index (χ4n) is 4.35. The maximum absolute atomic E-state index is 5.52. The third-order valence-corrected chi connectivity index (χ3v) is 6.03. The molecule has 0 spiro atoms. The average Bonchev–Trinajstić information content (AvgIpc) is 3.19. The van der Waals surface area contributed by atoms with Gasteiger partial charge in [0.1, 0.15) is 5.75 Å². The van der Waals surface area contributed by atoms with Gasteiger partial charge in [0.15, 0.2) is 5.96 Å². The molecular formula is C22H37N5O. The van der Waals surface area contributed by atoms with Crippen LogP contribution in [0.25, 0.3) is 0 Å². The number of guanidine groups is 1. The number of likely N-dealkylation sites (tertiary alicyclic amines) is 1. The Hall–Kier alpha value is -1.95. The Labute approximate surface area is 170 Å². The van der Waals surface area contributed by atoms with Gasteiger partial charge in [-0.25, -0.2) is 0 Å². The number of hydrogen-bond acceptors (Lipinski definition) is 4. The van der Waals surface area contributed by atoms with Crippen molar-refractivity contribution >= 4 is 11.6 Å². The van der Waals surface area contributed by atoms with Crippen LogP contribution in [-0.4, -0.2) is 69.8 Å². The zero-order valence-corrected chi connectivity index (χ0v) is 17.8. The van der Waals surface area contributed by atoms with Crippen LogP contribution >= 0.6 is 0 Å². The molecule has 2 unspecified atom stereocenters. The summed E-state index contributed by atoms with van der Waals surface area (Å²) in [5.41, 5.74) is 1.17. The first-order chi connectivity index (χ1) is 13.7. The molecule has 2 fully saturated rings. The molecule has 0 bridgehead atoms. The summed E-state index contributed by atoms with van der Waals surface area (Å²) in [6.07, 6.45) is 6.35. The molecule has 6 nitrogen and oxygen atoms in total. The zero-order valence-electron chi connectivity index (χ0n) is 17.8. The van der Waals surface area contributed by atoms with Crippen molar-refractivity contribution in [1.82, 2.24) is 15.5 Å². The van der Waals surface area contributed by atoms with Crippen LogP contribution in [-0.2, 0) is 0 Å². The molecule has 2 aliphatic heterocycles. The maximum atomic E-state index is 5.52. The molecule has 2 saturated heterocycles. The van der Waals surface area contributed by atoms with Crippen molar-refractivity contribution in [2.75, 3.05) is 51.8 Å². The number of aliphatic imine (C=N–C) groups is 1. The number of rotatable bonds is 7. The lowest BCUT2D eigenvalue weighted by Gasteiger charge is -2.33. The summed E-state index contributed by atoms with van der Waals surface area (Å²) in [5.74, 6) is 1.86. The minimum Gasteiger partial charge on any atom is -0.495 e. The van der Waals surface area contributed by atoms with E-state index in [1.165, 1.54) is 38.0 Å². The van der Waals surface area contributed by atoms with Gasteiger partial charge in [-0.05, 0) is 51.3 Å². The van der Waals surface area contributed by atoms with E-state index < -0.39 is 0 Å². The molecule has 2 aliphatic rings. The quantitative estimate of drug-likeness (QED) is 0.428. The molecule has 156 valence electrons. The van der Waals surface area contributed by atoms with E-state index in [9.17, 15) is 0 Å². The predicted octanol–water partition coefficient (Wildman–Crippen LogP) is 2.70. The minimum absolute atomic E-state index is 0.401. The summed E-state index contributed by atoms with van der Waals surface area (Å²) in [6.45, 7) is 7.76. The summed E-state index contributed by atoms with van der Waals surface area (Å²) in [5, 5.41) is 7.09. The first kappa shape index (κ1) is 20.8. The van der Waals surface area contributed by atoms with Gasteiger partial charge in [-0.15, -0.1) is 0 Å². The van der Waals surface area contributed by atoms with Crippen LogP contribution in [0.3, 0.4) is 0 Å². The van der Waals surface area contributed by atoms with Crippen LogP contribution in [0.15, 0.2) is 29.3 Å². The smallest absolute Gasteiger partial charge is 0.191 e. The molecule has 28 heavy (non-hydrogen) atoms. The monoisotopic (exact) mass is 387 g/mol. The molecular weight excluding hydrogens is 350 g/mol. The molecule has 0 aromatic heterocycles. The first-order valence-corrected chi connectivity index (χ1v) is 10.8. The Morgan fingerprint density at radius 3 is 2.86 bits per heavy atom. The second-order valence-corrected chi connectivity index (χ2v) is 7.98. The molecule has 0 amide bonds. The lowest BCUT2D eigenvalue weighted by atomic mass is 10.0. The molecule has 1 aromatic rings. The Bertz CT molecular complexity index is 635. The molecule has 0 aliphatic carbocycles. The SMILES string of the molecule is CN=C(NCCCN1CCCCC1C)NC1CCN(c2ccccc2OC)C1. The second-order valence-electron chi connectivity index (χ2n) is 7.98. The summed E-state index contributed by atoms with van der Waals surface area (Å²) < 4.78 is 5.52. The van der Waals surface area contributed by atoms with Gasteiger partial charge in [0.2, 0.25) is 0 Å². The highest BCUT2D eigenvalue weighted by molar-refractivity contribution is 5.80. The lowest BCUT2D eigenvalue weighted by Crippen LogP contribution is -2.45. The van der Waals surface area contributed by atoms with Gasteiger partial charge >= 0.3 is 0 Å². The number of methoxy groups -OCH3 is 1. The second kappa shape index (κ2) is 10.6. The van der Waals surface area contributed by atoms with Crippen molar-refractivity contribution in [3.8, 4) is 5.75 Å². The predicted molar refractivity (Wildman–Crippen MR) is 118 cm³/mol. The Morgan fingerprint density at radius 2 is 2.07 bits per heavy atom. The summed E-state index contributed by atoms with van der Waals surface area (Å²) in [7, 11) is 3.59. The van der Waals surface area contributed by atoms with E-state index in [0.29, 0.717) is 6.04 Å². The van der Waals surface area contributed by atoms with E-state index >= 15 is 0 Å². The van der Waals surface area contributed by atoms with Gasteiger partial charge in [-0.3, -0.25) is 4.99 Å². The van der Waals surface area contributed by atoms with Crippen LogP contribution < -0.4 is 20.3 Å². The van der Waals surface area contributed by atoms with Crippen molar-refractivity contribution in [2.45, 2.75) is 51.1 Å². The number of anilines is 1. The zero-order chi connectivity index (χ0) is 19.8. The molecule has 3 rings (SSSR count). The third-order valence-electron chi connectivity index (χ3n) is 6.03. The summed E-state index contributed by atoms with van der Waals surface area (Å²) >= 11 is 0. The number of hydrogen-bond donors (Lipinski definition) is 2. The Morgan fingerprint density at radius 1 is 1.21 bits per heavy atom. The molecule has 2 heterocycles. The molecule has 6 heteroatoms. The standard InChI is InChI=1S/C22H37N5O/c1-18-9-6-7-14-26(18)15-8-13-24-22(23-2)25-19-12-16-27(17-19)20-10-4-5-11-21(20)28-3/h4-5,10-11,18-19H,6-9,12-17H2,1-3H3,(H2,23,24,25). The van der Waals surface area contributed by atoms with Crippen molar-refractivity contribution in [3.05, 3.63) is 24.3 Å². The van der Waals surface area contributed by atoms with Crippen molar-refractivity contribution < 1.29 is 4.74 Å². The minimum atomic E-state index is 0.401. The van der Waals surface area contributed by atoms with E-state index in [1.54, 1.807) is 7.11 Å². The maximum Gasteiger partial charge on any atom is 0.191 e. The van der Waals surface area contributed by atoms with Crippen molar-refractivity contribution in [1.29, 1.82) is 0 Å². The van der Waals surface area contributed by atoms with Crippen LogP contribution in [0.2, 0.25) is 0 Å². The molecule has 2 atom stereocenters. The largest absolute Gasteiger partial charge is 0.495 e. The number of ether oxygens (including phenoxy) is 1. The number of benzene rings is 1. The highest BCUT2D eigenvalue weighted by atomic mass is 16.5.